The zero-order valence-corrected chi connectivity index (χ0v) is 11.6. The van der Waals surface area contributed by atoms with Crippen LogP contribution in [0.4, 0.5) is 0 Å². The molecule has 0 atom stereocenters. The van der Waals surface area contributed by atoms with Crippen molar-refractivity contribution in [2.24, 2.45) is 10.4 Å². The molecule has 1 nitrogen and oxygen atoms in total. The molecule has 0 amide bonds. The second kappa shape index (κ2) is 6.30. The summed E-state index contributed by atoms with van der Waals surface area (Å²) in [4.78, 5) is 4.70. The van der Waals surface area contributed by atoms with E-state index in [0.717, 1.165) is 6.42 Å². The molecule has 0 saturated heterocycles. The Morgan fingerprint density at radius 2 is 1.53 bits per heavy atom. The Kier molecular flexibility index (Phi) is 6.16. The van der Waals surface area contributed by atoms with Crippen LogP contribution in [0, 0.1) is 5.41 Å². The first-order valence-electron chi connectivity index (χ1n) is 6.35. The van der Waals surface area contributed by atoms with Gasteiger partial charge in [0.1, 0.15) is 0 Å². The lowest BCUT2D eigenvalue weighted by Crippen LogP contribution is -2.34. The monoisotopic (exact) mass is 211 g/mol. The third-order valence-corrected chi connectivity index (χ3v) is 3.44. The van der Waals surface area contributed by atoms with E-state index in [0.29, 0.717) is 0 Å². The van der Waals surface area contributed by atoms with Crippen molar-refractivity contribution in [2.45, 2.75) is 79.2 Å². The van der Waals surface area contributed by atoms with E-state index in [1.807, 2.05) is 0 Å². The van der Waals surface area contributed by atoms with Crippen LogP contribution in [-0.4, -0.2) is 11.8 Å². The van der Waals surface area contributed by atoms with E-state index < -0.39 is 0 Å². The highest BCUT2D eigenvalue weighted by atomic mass is 14.9. The van der Waals surface area contributed by atoms with Crippen molar-refractivity contribution in [3.8, 4) is 0 Å². The number of nitrogens with zero attached hydrogens (tertiary/aromatic N) is 1. The minimum Gasteiger partial charge on any atom is -0.291 e. The summed E-state index contributed by atoms with van der Waals surface area (Å²) in [5, 5.41) is 0. The summed E-state index contributed by atoms with van der Waals surface area (Å²) in [6.45, 7) is 13.4. The number of unbranched alkanes of at least 4 members (excludes halogenated alkanes) is 4. The summed E-state index contributed by atoms with van der Waals surface area (Å²) < 4.78 is 0. The molecule has 0 bridgehead atoms. The lowest BCUT2D eigenvalue weighted by atomic mass is 9.77. The quantitative estimate of drug-likeness (QED) is 0.440. The average molecular weight is 211 g/mol. The van der Waals surface area contributed by atoms with E-state index >= 15 is 0 Å². The van der Waals surface area contributed by atoms with Gasteiger partial charge in [0.2, 0.25) is 0 Å². The smallest absolute Gasteiger partial charge is 0.0596 e. The van der Waals surface area contributed by atoms with Gasteiger partial charge >= 0.3 is 0 Å². The lowest BCUT2D eigenvalue weighted by Gasteiger charge is -2.35. The van der Waals surface area contributed by atoms with Crippen LogP contribution in [0.3, 0.4) is 0 Å². The molecule has 0 spiro atoms. The normalized spacial score (nSPS) is 13.7. The highest BCUT2D eigenvalue weighted by Gasteiger charge is 2.31. The molecule has 0 saturated carbocycles. The van der Waals surface area contributed by atoms with E-state index in [-0.39, 0.29) is 11.0 Å². The predicted molar refractivity (Wildman–Crippen MR) is 70.8 cm³/mol. The highest BCUT2D eigenvalue weighted by Crippen LogP contribution is 2.32. The number of hydrogen-bond acceptors (Lipinski definition) is 1. The molecular weight excluding hydrogens is 182 g/mol. The van der Waals surface area contributed by atoms with Crippen LogP contribution in [0.5, 0.6) is 0 Å². The maximum atomic E-state index is 4.70. The van der Waals surface area contributed by atoms with Crippen molar-refractivity contribution in [1.82, 2.24) is 0 Å². The van der Waals surface area contributed by atoms with Gasteiger partial charge in [0.15, 0.2) is 0 Å². The molecule has 15 heavy (non-hydrogen) atoms. The van der Waals surface area contributed by atoms with Gasteiger partial charge in [0, 0.05) is 0 Å². The molecule has 0 radical (unpaired) electrons. The summed E-state index contributed by atoms with van der Waals surface area (Å²) >= 11 is 0. The molecule has 1 heteroatoms. The van der Waals surface area contributed by atoms with Crippen molar-refractivity contribution < 1.29 is 0 Å². The van der Waals surface area contributed by atoms with Crippen molar-refractivity contribution in [2.75, 3.05) is 0 Å². The number of hydrogen-bond donors (Lipinski definition) is 0. The van der Waals surface area contributed by atoms with E-state index in [4.69, 9.17) is 4.99 Å². The summed E-state index contributed by atoms with van der Waals surface area (Å²) in [5.74, 6) is 0. The van der Waals surface area contributed by atoms with E-state index in [2.05, 4.69) is 47.8 Å². The van der Waals surface area contributed by atoms with Gasteiger partial charge in [-0.3, -0.25) is 4.99 Å². The van der Waals surface area contributed by atoms with E-state index in [9.17, 15) is 0 Å². The topological polar surface area (TPSA) is 12.4 Å². The van der Waals surface area contributed by atoms with Crippen molar-refractivity contribution in [3.05, 3.63) is 0 Å². The molecule has 0 fully saturated rings. The van der Waals surface area contributed by atoms with Gasteiger partial charge in [-0.1, -0.05) is 47.0 Å². The molecule has 0 rings (SSSR count). The van der Waals surface area contributed by atoms with E-state index in [1.165, 1.54) is 25.7 Å². The van der Waals surface area contributed by atoms with Crippen LogP contribution in [0.25, 0.3) is 0 Å². The van der Waals surface area contributed by atoms with Gasteiger partial charge in [-0.15, -0.1) is 0 Å². The van der Waals surface area contributed by atoms with Gasteiger partial charge in [-0.2, -0.15) is 0 Å². The zero-order chi connectivity index (χ0) is 11.9. The molecular formula is C14H29N. The van der Waals surface area contributed by atoms with Gasteiger partial charge in [0.05, 0.1) is 5.54 Å². The number of aliphatic imine (C=N–C) groups is 1. The average Bonchev–Trinajstić information content (AvgIpc) is 2.09. The predicted octanol–water partition coefficient (Wildman–Crippen LogP) is 4.85. The van der Waals surface area contributed by atoms with Crippen molar-refractivity contribution >= 4 is 6.21 Å². The molecule has 0 aliphatic heterocycles. The summed E-state index contributed by atoms with van der Waals surface area (Å²) in [6, 6.07) is 0. The second-order valence-corrected chi connectivity index (χ2v) is 5.97. The first kappa shape index (κ1) is 14.7. The largest absolute Gasteiger partial charge is 0.291 e. The Morgan fingerprint density at radius 3 is 2.00 bits per heavy atom. The van der Waals surface area contributed by atoms with Crippen LogP contribution in [0.15, 0.2) is 4.99 Å². The Bertz CT molecular complexity index is 184. The Labute approximate surface area is 96.4 Å². The fraction of sp³-hybridized carbons (Fsp3) is 0.929. The zero-order valence-electron chi connectivity index (χ0n) is 11.6. The minimum atomic E-state index is 0.0533. The molecule has 0 N–H and O–H groups in total. The molecule has 90 valence electrons. The van der Waals surface area contributed by atoms with Crippen LogP contribution >= 0.6 is 0 Å². The van der Waals surface area contributed by atoms with Crippen LogP contribution in [0.1, 0.15) is 73.6 Å². The third-order valence-electron chi connectivity index (χ3n) is 3.44. The lowest BCUT2D eigenvalue weighted by molar-refractivity contribution is 0.233. The second-order valence-electron chi connectivity index (χ2n) is 5.97. The molecule has 0 aromatic rings. The van der Waals surface area contributed by atoms with Gasteiger partial charge < -0.3 is 0 Å². The fourth-order valence-corrected chi connectivity index (χ4v) is 1.15. The van der Waals surface area contributed by atoms with Crippen molar-refractivity contribution in [1.29, 1.82) is 0 Å². The first-order valence-corrected chi connectivity index (χ1v) is 6.35. The van der Waals surface area contributed by atoms with Gasteiger partial charge in [-0.05, 0) is 38.3 Å². The highest BCUT2D eigenvalue weighted by molar-refractivity contribution is 5.57. The summed E-state index contributed by atoms with van der Waals surface area (Å²) in [6.07, 6.45) is 8.57. The molecule has 0 aliphatic carbocycles. The maximum Gasteiger partial charge on any atom is 0.0596 e. The fourth-order valence-electron chi connectivity index (χ4n) is 1.15. The standard InChI is InChI=1S/C14H29N/c1-7-8-9-10-11-12-15-14(5,6)13(2,3)4/h12H,7-11H2,1-6H3. The van der Waals surface area contributed by atoms with E-state index in [1.54, 1.807) is 0 Å². The summed E-state index contributed by atoms with van der Waals surface area (Å²) in [5.41, 5.74) is 0.296. The molecule has 0 aliphatic rings. The molecule has 0 heterocycles. The molecule has 0 unspecified atom stereocenters. The van der Waals surface area contributed by atoms with Crippen LogP contribution in [0.2, 0.25) is 0 Å². The SMILES string of the molecule is CCCCCCC=NC(C)(C)C(C)(C)C. The molecule has 0 aromatic carbocycles. The minimum absolute atomic E-state index is 0.0533. The Hall–Kier alpha value is -0.330. The molecule has 0 aromatic heterocycles. The number of rotatable bonds is 6. The first-order chi connectivity index (χ1) is 6.81. The van der Waals surface area contributed by atoms with Gasteiger partial charge in [0.25, 0.3) is 0 Å². The Morgan fingerprint density at radius 1 is 0.933 bits per heavy atom. The summed E-state index contributed by atoms with van der Waals surface area (Å²) in [7, 11) is 0. The van der Waals surface area contributed by atoms with Crippen LogP contribution in [-0.2, 0) is 0 Å². The Balaban J connectivity index is 3.85. The van der Waals surface area contributed by atoms with Crippen molar-refractivity contribution in [3.63, 3.8) is 0 Å². The van der Waals surface area contributed by atoms with Gasteiger partial charge in [-0.25, -0.2) is 0 Å². The maximum absolute atomic E-state index is 4.70. The van der Waals surface area contributed by atoms with Crippen LogP contribution < -0.4 is 0 Å². The third kappa shape index (κ3) is 5.96.